The van der Waals surface area contributed by atoms with Crippen LogP contribution in [0.5, 0.6) is 0 Å². The van der Waals surface area contributed by atoms with Crippen molar-refractivity contribution in [3.05, 3.63) is 41.7 Å². The number of amides is 1. The third-order valence-corrected chi connectivity index (χ3v) is 3.96. The summed E-state index contributed by atoms with van der Waals surface area (Å²) in [5.74, 6) is -0.158. The molecule has 1 amide bonds. The largest absolute Gasteiger partial charge is 0.368 e. The number of nitrogen functional groups attached to an aromatic ring is 1. The van der Waals surface area contributed by atoms with Crippen molar-refractivity contribution in [2.24, 2.45) is 5.73 Å². The summed E-state index contributed by atoms with van der Waals surface area (Å²) < 4.78 is 0. The molecular weight excluding hydrogens is 278 g/mol. The maximum atomic E-state index is 11.2. The van der Waals surface area contributed by atoms with E-state index in [-0.39, 0.29) is 12.0 Å². The monoisotopic (exact) mass is 297 g/mol. The fourth-order valence-electron chi connectivity index (χ4n) is 2.80. The predicted molar refractivity (Wildman–Crippen MR) is 85.0 cm³/mol. The highest BCUT2D eigenvalue weighted by Crippen LogP contribution is 2.31. The van der Waals surface area contributed by atoms with E-state index < -0.39 is 5.91 Å². The Bertz CT molecular complexity index is 677. The molecule has 0 unspecified atom stereocenters. The van der Waals surface area contributed by atoms with Gasteiger partial charge in [-0.3, -0.25) is 4.79 Å². The second-order valence-corrected chi connectivity index (χ2v) is 5.47. The highest BCUT2D eigenvalue weighted by molar-refractivity contribution is 5.93. The number of nitrogens with two attached hydrogens (primary N) is 2. The van der Waals surface area contributed by atoms with E-state index in [0.29, 0.717) is 5.56 Å². The second kappa shape index (κ2) is 6.11. The van der Waals surface area contributed by atoms with E-state index in [2.05, 4.69) is 15.3 Å². The molecule has 5 N–H and O–H groups in total. The molecule has 2 heterocycles. The first kappa shape index (κ1) is 14.5. The number of primary amides is 1. The third-order valence-electron chi connectivity index (χ3n) is 3.96. The number of aromatic nitrogens is 2. The minimum Gasteiger partial charge on any atom is -0.368 e. The number of carbonyl (C=O) groups is 1. The van der Waals surface area contributed by atoms with Gasteiger partial charge in [0.25, 0.3) is 0 Å². The summed E-state index contributed by atoms with van der Waals surface area (Å²) >= 11 is 0. The van der Waals surface area contributed by atoms with E-state index in [1.165, 1.54) is 12.8 Å². The number of hydrogen-bond acceptors (Lipinski definition) is 5. The molecule has 3 rings (SSSR count). The Hall–Kier alpha value is -2.47. The summed E-state index contributed by atoms with van der Waals surface area (Å²) in [5.41, 5.74) is 14.3. The Morgan fingerprint density at radius 2 is 2.00 bits per heavy atom. The molecule has 6 nitrogen and oxygen atoms in total. The van der Waals surface area contributed by atoms with E-state index in [0.717, 1.165) is 29.8 Å². The van der Waals surface area contributed by atoms with Crippen molar-refractivity contribution >= 4 is 11.9 Å². The van der Waals surface area contributed by atoms with Crippen molar-refractivity contribution < 1.29 is 4.79 Å². The van der Waals surface area contributed by atoms with Crippen molar-refractivity contribution in [1.29, 1.82) is 0 Å². The number of nitrogens with one attached hydrogen (secondary N) is 1. The van der Waals surface area contributed by atoms with Crippen LogP contribution in [0.2, 0.25) is 0 Å². The highest BCUT2D eigenvalue weighted by Gasteiger charge is 2.21. The fourth-order valence-corrected chi connectivity index (χ4v) is 2.80. The van der Waals surface area contributed by atoms with Gasteiger partial charge in [-0.1, -0.05) is 18.6 Å². The smallest absolute Gasteiger partial charge is 0.248 e. The van der Waals surface area contributed by atoms with Gasteiger partial charge in [-0.25, -0.2) is 9.97 Å². The Kier molecular flexibility index (Phi) is 4.02. The third kappa shape index (κ3) is 2.92. The highest BCUT2D eigenvalue weighted by atomic mass is 16.1. The first-order chi connectivity index (χ1) is 10.6. The summed E-state index contributed by atoms with van der Waals surface area (Å²) in [6.07, 6.45) is 5.12. The van der Waals surface area contributed by atoms with Crippen LogP contribution >= 0.6 is 0 Å². The maximum Gasteiger partial charge on any atom is 0.248 e. The molecule has 114 valence electrons. The standard InChI is InChI=1S/C16H19N5O/c17-15(22)11-6-4-10(5-7-11)12-9-20-16(18)21-14(12)13-3-1-2-8-19-13/h4-7,9,13,19H,1-3,8H2,(H2,17,22)(H2,18,20,21)/t13-/m1/s1. The molecule has 1 aliphatic heterocycles. The Morgan fingerprint density at radius 3 is 2.64 bits per heavy atom. The molecule has 1 aliphatic rings. The van der Waals surface area contributed by atoms with Crippen LogP contribution < -0.4 is 16.8 Å². The number of hydrogen-bond donors (Lipinski definition) is 3. The molecule has 1 aromatic carbocycles. The van der Waals surface area contributed by atoms with Crippen LogP contribution in [0.25, 0.3) is 11.1 Å². The summed E-state index contributed by atoms with van der Waals surface area (Å²) in [7, 11) is 0. The van der Waals surface area contributed by atoms with E-state index in [4.69, 9.17) is 11.5 Å². The van der Waals surface area contributed by atoms with Crippen LogP contribution in [0.4, 0.5) is 5.95 Å². The molecule has 0 spiro atoms. The van der Waals surface area contributed by atoms with E-state index in [1.807, 2.05) is 12.1 Å². The van der Waals surface area contributed by atoms with Crippen LogP contribution in [0.1, 0.15) is 41.4 Å². The molecule has 22 heavy (non-hydrogen) atoms. The lowest BCUT2D eigenvalue weighted by Gasteiger charge is -2.25. The summed E-state index contributed by atoms with van der Waals surface area (Å²) in [4.78, 5) is 19.7. The maximum absolute atomic E-state index is 11.2. The topological polar surface area (TPSA) is 107 Å². The van der Waals surface area contributed by atoms with Gasteiger partial charge in [-0.05, 0) is 37.1 Å². The zero-order valence-corrected chi connectivity index (χ0v) is 12.2. The normalized spacial score (nSPS) is 18.1. The average molecular weight is 297 g/mol. The number of benzene rings is 1. The van der Waals surface area contributed by atoms with Gasteiger partial charge in [0.05, 0.1) is 11.7 Å². The van der Waals surface area contributed by atoms with Gasteiger partial charge >= 0.3 is 0 Å². The minimum atomic E-state index is -0.436. The van der Waals surface area contributed by atoms with Crippen molar-refractivity contribution in [1.82, 2.24) is 15.3 Å². The van der Waals surface area contributed by atoms with Gasteiger partial charge in [0, 0.05) is 17.3 Å². The molecule has 1 atom stereocenters. The molecule has 0 aliphatic carbocycles. The zero-order chi connectivity index (χ0) is 15.5. The van der Waals surface area contributed by atoms with E-state index >= 15 is 0 Å². The molecule has 0 bridgehead atoms. The van der Waals surface area contributed by atoms with E-state index in [1.54, 1.807) is 18.3 Å². The van der Waals surface area contributed by atoms with Crippen LogP contribution in [0, 0.1) is 0 Å². The van der Waals surface area contributed by atoms with Gasteiger partial charge in [0.15, 0.2) is 0 Å². The summed E-state index contributed by atoms with van der Waals surface area (Å²) in [5, 5.41) is 3.48. The SMILES string of the molecule is NC(=O)c1ccc(-c2cnc(N)nc2[C@H]2CCCCN2)cc1. The number of rotatable bonds is 3. The molecule has 2 aromatic rings. The predicted octanol–water partition coefficient (Wildman–Crippen LogP) is 1.64. The minimum absolute atomic E-state index is 0.185. The van der Waals surface area contributed by atoms with Gasteiger partial charge in [-0.2, -0.15) is 0 Å². The van der Waals surface area contributed by atoms with E-state index in [9.17, 15) is 4.79 Å². The second-order valence-electron chi connectivity index (χ2n) is 5.47. The molecular formula is C16H19N5O. The van der Waals surface area contributed by atoms with Crippen LogP contribution in [-0.4, -0.2) is 22.4 Å². The number of carbonyl (C=O) groups excluding carboxylic acids is 1. The first-order valence-electron chi connectivity index (χ1n) is 7.41. The molecule has 6 heteroatoms. The lowest BCUT2D eigenvalue weighted by atomic mass is 9.95. The van der Waals surface area contributed by atoms with Crippen LogP contribution in [-0.2, 0) is 0 Å². The summed E-state index contributed by atoms with van der Waals surface area (Å²) in [6, 6.07) is 7.34. The van der Waals surface area contributed by atoms with Crippen LogP contribution in [0.15, 0.2) is 30.5 Å². The van der Waals surface area contributed by atoms with Gasteiger partial charge in [0.1, 0.15) is 0 Å². The van der Waals surface area contributed by atoms with Crippen molar-refractivity contribution in [2.75, 3.05) is 12.3 Å². The van der Waals surface area contributed by atoms with Crippen LogP contribution in [0.3, 0.4) is 0 Å². The first-order valence-corrected chi connectivity index (χ1v) is 7.41. The lowest BCUT2D eigenvalue weighted by molar-refractivity contribution is 0.100. The molecule has 1 saturated heterocycles. The number of piperidine rings is 1. The molecule has 0 saturated carbocycles. The Labute approximate surface area is 129 Å². The van der Waals surface area contributed by atoms with Gasteiger partial charge < -0.3 is 16.8 Å². The Morgan fingerprint density at radius 1 is 1.23 bits per heavy atom. The zero-order valence-electron chi connectivity index (χ0n) is 12.2. The molecule has 1 aromatic heterocycles. The molecule has 0 radical (unpaired) electrons. The van der Waals surface area contributed by atoms with Gasteiger partial charge in [-0.15, -0.1) is 0 Å². The fraction of sp³-hybridized carbons (Fsp3) is 0.312. The number of anilines is 1. The molecule has 1 fully saturated rings. The van der Waals surface area contributed by atoms with Crippen molar-refractivity contribution in [2.45, 2.75) is 25.3 Å². The number of nitrogens with zero attached hydrogens (tertiary/aromatic N) is 2. The Balaban J connectivity index is 2.00. The lowest BCUT2D eigenvalue weighted by Crippen LogP contribution is -2.28. The van der Waals surface area contributed by atoms with Crippen molar-refractivity contribution in [3.63, 3.8) is 0 Å². The quantitative estimate of drug-likeness (QED) is 0.798. The van der Waals surface area contributed by atoms with Crippen molar-refractivity contribution in [3.8, 4) is 11.1 Å². The average Bonchev–Trinajstić information content (AvgIpc) is 2.56. The van der Waals surface area contributed by atoms with Gasteiger partial charge in [0.2, 0.25) is 11.9 Å². The summed E-state index contributed by atoms with van der Waals surface area (Å²) in [6.45, 7) is 0.981.